The van der Waals surface area contributed by atoms with Crippen molar-refractivity contribution in [3.63, 3.8) is 0 Å². The Kier molecular flexibility index (Phi) is 6.69. The molecule has 3 aromatic rings. The quantitative estimate of drug-likeness (QED) is 0.416. The van der Waals surface area contributed by atoms with E-state index >= 15 is 0 Å². The third-order valence-electron chi connectivity index (χ3n) is 5.77. The Morgan fingerprint density at radius 1 is 1.26 bits per heavy atom. The zero-order valence-corrected chi connectivity index (χ0v) is 21.5. The molecule has 0 atom stereocenters. The van der Waals surface area contributed by atoms with E-state index in [4.69, 9.17) is 15.2 Å². The van der Waals surface area contributed by atoms with Crippen LogP contribution in [0.25, 0.3) is 11.3 Å². The third-order valence-corrected chi connectivity index (χ3v) is 8.48. The average molecular weight is 518 g/mol. The summed E-state index contributed by atoms with van der Waals surface area (Å²) in [6.45, 7) is 6.10. The van der Waals surface area contributed by atoms with Gasteiger partial charge in [-0.15, -0.1) is 11.3 Å². The number of hydrogen-bond donors (Lipinski definition) is 2. The van der Waals surface area contributed by atoms with Crippen LogP contribution >= 0.6 is 11.3 Å². The number of carbonyl (C=O) groups excluding carboxylic acids is 1. The minimum atomic E-state index is -3.45. The lowest BCUT2D eigenvalue weighted by Crippen LogP contribution is -2.24. The molecule has 186 valence electrons. The molecule has 0 spiro atoms. The van der Waals surface area contributed by atoms with Crippen LogP contribution in [0.3, 0.4) is 0 Å². The molecule has 1 aliphatic carbocycles. The number of amides is 1. The second kappa shape index (κ2) is 9.42. The Morgan fingerprint density at radius 2 is 2.00 bits per heavy atom. The van der Waals surface area contributed by atoms with Gasteiger partial charge in [0.25, 0.3) is 5.91 Å². The third kappa shape index (κ3) is 4.94. The van der Waals surface area contributed by atoms with E-state index in [1.54, 1.807) is 23.7 Å². The van der Waals surface area contributed by atoms with Crippen LogP contribution in [0.5, 0.6) is 11.6 Å². The van der Waals surface area contributed by atoms with Gasteiger partial charge in [0.15, 0.2) is 5.13 Å². The fourth-order valence-electron chi connectivity index (χ4n) is 3.84. The molecule has 0 unspecified atom stereocenters. The van der Waals surface area contributed by atoms with E-state index in [1.807, 2.05) is 20.8 Å². The molecule has 10 nitrogen and oxygen atoms in total. The Hall–Kier alpha value is -3.25. The summed E-state index contributed by atoms with van der Waals surface area (Å²) in [6, 6.07) is 3.32. The molecule has 2 heterocycles. The van der Waals surface area contributed by atoms with E-state index in [1.165, 1.54) is 24.6 Å². The average Bonchev–Trinajstić information content (AvgIpc) is 3.58. The van der Waals surface area contributed by atoms with E-state index in [0.29, 0.717) is 47.8 Å². The smallest absolute Gasteiger partial charge is 0.252 e. The number of hydrogen-bond acceptors (Lipinski definition) is 9. The summed E-state index contributed by atoms with van der Waals surface area (Å²) in [4.78, 5) is 25.6. The van der Waals surface area contributed by atoms with Crippen molar-refractivity contribution < 1.29 is 22.7 Å². The summed E-state index contributed by atoms with van der Waals surface area (Å²) in [6.07, 6.45) is 4.42. The predicted molar refractivity (Wildman–Crippen MR) is 134 cm³/mol. The van der Waals surface area contributed by atoms with Gasteiger partial charge in [-0.05, 0) is 39.7 Å². The number of sulfonamides is 1. The first-order valence-corrected chi connectivity index (χ1v) is 13.4. The molecule has 0 saturated heterocycles. The minimum absolute atomic E-state index is 0.207. The van der Waals surface area contributed by atoms with Crippen molar-refractivity contribution in [2.45, 2.75) is 44.3 Å². The Labute approximate surface area is 208 Å². The van der Waals surface area contributed by atoms with Crippen LogP contribution in [-0.4, -0.2) is 48.2 Å². The van der Waals surface area contributed by atoms with Crippen molar-refractivity contribution >= 4 is 32.4 Å². The monoisotopic (exact) mass is 517 g/mol. The van der Waals surface area contributed by atoms with Gasteiger partial charge in [-0.25, -0.2) is 18.4 Å². The zero-order valence-electron chi connectivity index (χ0n) is 19.9. The van der Waals surface area contributed by atoms with Crippen LogP contribution in [0, 0.1) is 0 Å². The molecule has 1 aliphatic rings. The number of primary amides is 1. The SMILES string of the molecule is CCOc1cncc(-c2ccc(C(N)=O)c(OC)c2C(C)(C)c2csc(NS(=O)(=O)C3CC3)n2)n1. The van der Waals surface area contributed by atoms with Gasteiger partial charge in [-0.1, -0.05) is 6.07 Å². The lowest BCUT2D eigenvalue weighted by atomic mass is 9.77. The van der Waals surface area contributed by atoms with Gasteiger partial charge < -0.3 is 15.2 Å². The van der Waals surface area contributed by atoms with Gasteiger partial charge in [0.1, 0.15) is 5.75 Å². The highest BCUT2D eigenvalue weighted by molar-refractivity contribution is 7.93. The molecule has 4 rings (SSSR count). The first kappa shape index (κ1) is 24.9. The number of nitrogens with zero attached hydrogens (tertiary/aromatic N) is 3. The number of rotatable bonds is 10. The van der Waals surface area contributed by atoms with Gasteiger partial charge in [0, 0.05) is 21.9 Å². The molecule has 0 bridgehead atoms. The van der Waals surface area contributed by atoms with Crippen molar-refractivity contribution in [2.75, 3.05) is 18.4 Å². The van der Waals surface area contributed by atoms with Crippen molar-refractivity contribution in [1.82, 2.24) is 15.0 Å². The van der Waals surface area contributed by atoms with Gasteiger partial charge in [-0.2, -0.15) is 0 Å². The van der Waals surface area contributed by atoms with Gasteiger partial charge in [0.2, 0.25) is 15.9 Å². The Balaban J connectivity index is 1.86. The number of thiazole rings is 1. The van der Waals surface area contributed by atoms with E-state index in [2.05, 4.69) is 19.7 Å². The number of nitrogens with two attached hydrogens (primary N) is 1. The number of aromatic nitrogens is 3. The predicted octanol–water partition coefficient (Wildman–Crippen LogP) is 3.34. The van der Waals surface area contributed by atoms with Crippen LogP contribution < -0.4 is 19.9 Å². The van der Waals surface area contributed by atoms with E-state index in [0.717, 1.165) is 0 Å². The van der Waals surface area contributed by atoms with Crippen LogP contribution in [-0.2, 0) is 15.4 Å². The molecule has 35 heavy (non-hydrogen) atoms. The number of benzene rings is 1. The number of carbonyl (C=O) groups is 1. The zero-order chi connectivity index (χ0) is 25.4. The number of methoxy groups -OCH3 is 1. The molecular weight excluding hydrogens is 490 g/mol. The molecule has 2 aromatic heterocycles. The summed E-state index contributed by atoms with van der Waals surface area (Å²) >= 11 is 1.20. The molecular formula is C23H27N5O5S2. The molecule has 1 aromatic carbocycles. The maximum Gasteiger partial charge on any atom is 0.252 e. The summed E-state index contributed by atoms with van der Waals surface area (Å²) < 4.78 is 38.6. The molecule has 12 heteroatoms. The fraction of sp³-hybridized carbons (Fsp3) is 0.391. The summed E-state index contributed by atoms with van der Waals surface area (Å²) in [5.74, 6) is 0.00427. The molecule has 0 aliphatic heterocycles. The number of anilines is 1. The second-order valence-corrected chi connectivity index (χ2v) is 11.4. The van der Waals surface area contributed by atoms with E-state index < -0.39 is 21.3 Å². The van der Waals surface area contributed by atoms with E-state index in [-0.39, 0.29) is 21.7 Å². The van der Waals surface area contributed by atoms with Crippen molar-refractivity contribution in [1.29, 1.82) is 0 Å². The van der Waals surface area contributed by atoms with Crippen LogP contribution in [0.15, 0.2) is 29.9 Å². The van der Waals surface area contributed by atoms with Crippen LogP contribution in [0.2, 0.25) is 0 Å². The normalized spacial score (nSPS) is 13.9. The van der Waals surface area contributed by atoms with Crippen LogP contribution in [0.4, 0.5) is 5.13 Å². The van der Waals surface area contributed by atoms with Gasteiger partial charge in [0.05, 0.1) is 48.3 Å². The summed E-state index contributed by atoms with van der Waals surface area (Å²) in [7, 11) is -1.99. The summed E-state index contributed by atoms with van der Waals surface area (Å²) in [5, 5.41) is 1.70. The maximum absolute atomic E-state index is 12.4. The Bertz CT molecular complexity index is 1370. The second-order valence-electron chi connectivity index (χ2n) is 8.62. The van der Waals surface area contributed by atoms with E-state index in [9.17, 15) is 13.2 Å². The first-order valence-electron chi connectivity index (χ1n) is 11.0. The fourth-order valence-corrected chi connectivity index (χ4v) is 6.31. The van der Waals surface area contributed by atoms with Gasteiger partial charge >= 0.3 is 0 Å². The largest absolute Gasteiger partial charge is 0.496 e. The van der Waals surface area contributed by atoms with Crippen molar-refractivity contribution in [3.8, 4) is 22.9 Å². The maximum atomic E-state index is 12.4. The highest BCUT2D eigenvalue weighted by Gasteiger charge is 2.38. The molecule has 1 saturated carbocycles. The topological polar surface area (TPSA) is 146 Å². The molecule has 1 fully saturated rings. The molecule has 3 N–H and O–H groups in total. The lowest BCUT2D eigenvalue weighted by molar-refractivity contribution is 0.0997. The standard InChI is InChI=1S/C23H27N5O5S2/c1-5-33-18-11-25-10-16(26-18)14-8-9-15(21(24)29)20(32-4)19(14)23(2,3)17-12-34-22(27-17)28-35(30,31)13-6-7-13/h8-13H,5-7H2,1-4H3,(H2,24,29)(H,27,28). The highest BCUT2D eigenvalue weighted by atomic mass is 32.2. The lowest BCUT2D eigenvalue weighted by Gasteiger charge is -2.29. The van der Waals surface area contributed by atoms with Crippen molar-refractivity contribution in [3.05, 3.63) is 46.7 Å². The van der Waals surface area contributed by atoms with Crippen LogP contribution in [0.1, 0.15) is 55.2 Å². The number of ether oxygens (including phenoxy) is 2. The first-order chi connectivity index (χ1) is 16.6. The Morgan fingerprint density at radius 3 is 2.63 bits per heavy atom. The summed E-state index contributed by atoms with van der Waals surface area (Å²) in [5.41, 5.74) is 7.38. The van der Waals surface area contributed by atoms with Gasteiger partial charge in [-0.3, -0.25) is 14.5 Å². The van der Waals surface area contributed by atoms with Crippen molar-refractivity contribution in [2.24, 2.45) is 5.73 Å². The highest BCUT2D eigenvalue weighted by Crippen LogP contribution is 2.45. The number of nitrogens with one attached hydrogen (secondary N) is 1. The molecule has 0 radical (unpaired) electrons. The minimum Gasteiger partial charge on any atom is -0.496 e. The molecule has 1 amide bonds.